The summed E-state index contributed by atoms with van der Waals surface area (Å²) in [4.78, 5) is 60.5. The highest BCUT2D eigenvalue weighted by atomic mass is 32.1. The SMILES string of the molecule is CC(C)CC(NC(=O)C(N)CS)C(=O)NC(Cc1ccccc1)C(=O)NC(CC(=O)O)C(=O)O. The number of thiol groups is 1. The Bertz CT molecular complexity index is 866. The molecule has 4 atom stereocenters. The van der Waals surface area contributed by atoms with Crippen LogP contribution in [-0.2, 0) is 30.4 Å². The third-order valence-corrected chi connectivity index (χ3v) is 5.18. The molecule has 1 aromatic rings. The summed E-state index contributed by atoms with van der Waals surface area (Å²) in [5.74, 6) is -4.95. The average molecular weight is 497 g/mol. The number of carbonyl (C=O) groups is 5. The molecular weight excluding hydrogens is 464 g/mol. The number of carboxylic acid groups (broad SMARTS) is 2. The molecule has 12 heteroatoms. The van der Waals surface area contributed by atoms with Crippen LogP contribution >= 0.6 is 12.6 Å². The van der Waals surface area contributed by atoms with E-state index in [4.69, 9.17) is 10.8 Å². The van der Waals surface area contributed by atoms with Gasteiger partial charge in [0.05, 0.1) is 12.5 Å². The van der Waals surface area contributed by atoms with Gasteiger partial charge in [-0.25, -0.2) is 4.79 Å². The molecule has 4 unspecified atom stereocenters. The minimum atomic E-state index is -1.68. The largest absolute Gasteiger partial charge is 0.481 e. The van der Waals surface area contributed by atoms with Gasteiger partial charge < -0.3 is 31.9 Å². The van der Waals surface area contributed by atoms with Gasteiger partial charge in [-0.2, -0.15) is 12.6 Å². The molecule has 0 aromatic heterocycles. The van der Waals surface area contributed by atoms with E-state index in [1.807, 2.05) is 13.8 Å². The zero-order valence-corrected chi connectivity index (χ0v) is 20.0. The predicted octanol–water partition coefficient (Wildman–Crippen LogP) is -0.454. The summed E-state index contributed by atoms with van der Waals surface area (Å²) in [5, 5.41) is 25.5. The molecule has 7 N–H and O–H groups in total. The summed E-state index contributed by atoms with van der Waals surface area (Å²) in [5.41, 5.74) is 6.36. The van der Waals surface area contributed by atoms with E-state index in [9.17, 15) is 29.1 Å². The van der Waals surface area contributed by atoms with Gasteiger partial charge in [0.2, 0.25) is 17.7 Å². The van der Waals surface area contributed by atoms with E-state index >= 15 is 0 Å². The fraction of sp³-hybridized carbons (Fsp3) is 0.500. The molecule has 0 saturated carbocycles. The molecule has 34 heavy (non-hydrogen) atoms. The molecular formula is C22H32N4O7S. The number of aliphatic carboxylic acids is 2. The second-order valence-corrected chi connectivity index (χ2v) is 8.59. The lowest BCUT2D eigenvalue weighted by Gasteiger charge is -2.26. The predicted molar refractivity (Wildman–Crippen MR) is 127 cm³/mol. The number of amides is 3. The van der Waals surface area contributed by atoms with Crippen LogP contribution in [0.4, 0.5) is 0 Å². The Hall–Kier alpha value is -3.12. The topological polar surface area (TPSA) is 188 Å². The van der Waals surface area contributed by atoms with E-state index in [2.05, 4.69) is 28.6 Å². The lowest BCUT2D eigenvalue weighted by atomic mass is 10.0. The molecule has 0 heterocycles. The molecule has 0 fully saturated rings. The van der Waals surface area contributed by atoms with Gasteiger partial charge in [0.25, 0.3) is 0 Å². The molecule has 0 saturated heterocycles. The summed E-state index contributed by atoms with van der Waals surface area (Å²) in [6, 6.07) is 3.84. The van der Waals surface area contributed by atoms with Crippen LogP contribution in [0.25, 0.3) is 0 Å². The molecule has 0 radical (unpaired) electrons. The third-order valence-electron chi connectivity index (χ3n) is 4.78. The van der Waals surface area contributed by atoms with Crippen molar-refractivity contribution in [2.75, 3.05) is 5.75 Å². The van der Waals surface area contributed by atoms with E-state index in [-0.39, 0.29) is 24.5 Å². The van der Waals surface area contributed by atoms with Crippen molar-refractivity contribution in [3.05, 3.63) is 35.9 Å². The fourth-order valence-corrected chi connectivity index (χ4v) is 3.21. The Morgan fingerprint density at radius 3 is 1.91 bits per heavy atom. The number of nitrogens with two attached hydrogens (primary N) is 1. The van der Waals surface area contributed by atoms with Gasteiger partial charge in [-0.3, -0.25) is 19.2 Å². The van der Waals surface area contributed by atoms with Crippen molar-refractivity contribution in [1.29, 1.82) is 0 Å². The highest BCUT2D eigenvalue weighted by Gasteiger charge is 2.31. The lowest BCUT2D eigenvalue weighted by Crippen LogP contribution is -2.58. The molecule has 0 bridgehead atoms. The monoisotopic (exact) mass is 496 g/mol. The second kappa shape index (κ2) is 14.2. The van der Waals surface area contributed by atoms with Crippen LogP contribution in [0.15, 0.2) is 30.3 Å². The van der Waals surface area contributed by atoms with Crippen LogP contribution in [0.3, 0.4) is 0 Å². The van der Waals surface area contributed by atoms with Crippen molar-refractivity contribution in [1.82, 2.24) is 16.0 Å². The average Bonchev–Trinajstić information content (AvgIpc) is 2.76. The van der Waals surface area contributed by atoms with Crippen molar-refractivity contribution < 1.29 is 34.2 Å². The minimum absolute atomic E-state index is 0.0102. The molecule has 11 nitrogen and oxygen atoms in total. The van der Waals surface area contributed by atoms with E-state index < -0.39 is 60.2 Å². The minimum Gasteiger partial charge on any atom is -0.481 e. The first-order valence-corrected chi connectivity index (χ1v) is 11.3. The van der Waals surface area contributed by atoms with Crippen molar-refractivity contribution in [2.24, 2.45) is 11.7 Å². The number of nitrogens with one attached hydrogen (secondary N) is 3. The summed E-state index contributed by atoms with van der Waals surface area (Å²) in [7, 11) is 0. The van der Waals surface area contributed by atoms with E-state index in [1.54, 1.807) is 30.3 Å². The highest BCUT2D eigenvalue weighted by Crippen LogP contribution is 2.09. The normalized spacial score (nSPS) is 14.4. The number of hydrogen-bond donors (Lipinski definition) is 7. The first kappa shape index (κ1) is 28.9. The van der Waals surface area contributed by atoms with Crippen LogP contribution in [-0.4, -0.2) is 69.8 Å². The van der Waals surface area contributed by atoms with Gasteiger partial charge in [0, 0.05) is 12.2 Å². The van der Waals surface area contributed by atoms with Crippen LogP contribution < -0.4 is 21.7 Å². The smallest absolute Gasteiger partial charge is 0.326 e. The van der Waals surface area contributed by atoms with Crippen molar-refractivity contribution in [3.63, 3.8) is 0 Å². The molecule has 0 aliphatic rings. The number of carbonyl (C=O) groups excluding carboxylic acids is 3. The maximum absolute atomic E-state index is 13.1. The Labute approximate surface area is 203 Å². The van der Waals surface area contributed by atoms with E-state index in [0.29, 0.717) is 5.56 Å². The Morgan fingerprint density at radius 1 is 0.882 bits per heavy atom. The van der Waals surface area contributed by atoms with Crippen molar-refractivity contribution >= 4 is 42.3 Å². The highest BCUT2D eigenvalue weighted by molar-refractivity contribution is 7.80. The van der Waals surface area contributed by atoms with Crippen LogP contribution in [0.5, 0.6) is 0 Å². The third kappa shape index (κ3) is 10.2. The van der Waals surface area contributed by atoms with Gasteiger partial charge in [0.15, 0.2) is 0 Å². The Kier molecular flexibility index (Phi) is 12.1. The number of hydrogen-bond acceptors (Lipinski definition) is 7. The first-order chi connectivity index (χ1) is 15.9. The van der Waals surface area contributed by atoms with Gasteiger partial charge in [-0.05, 0) is 17.9 Å². The second-order valence-electron chi connectivity index (χ2n) is 8.23. The van der Waals surface area contributed by atoms with Crippen LogP contribution in [0.1, 0.15) is 32.3 Å². The van der Waals surface area contributed by atoms with Crippen molar-refractivity contribution in [2.45, 2.75) is 57.3 Å². The van der Waals surface area contributed by atoms with Gasteiger partial charge >= 0.3 is 11.9 Å². The molecule has 0 aliphatic heterocycles. The van der Waals surface area contributed by atoms with Gasteiger partial charge in [-0.15, -0.1) is 0 Å². The number of carboxylic acids is 2. The zero-order chi connectivity index (χ0) is 25.8. The summed E-state index contributed by atoms with van der Waals surface area (Å²) in [6.07, 6.45) is -0.565. The Morgan fingerprint density at radius 2 is 1.41 bits per heavy atom. The summed E-state index contributed by atoms with van der Waals surface area (Å²) < 4.78 is 0. The summed E-state index contributed by atoms with van der Waals surface area (Å²) in [6.45, 7) is 3.70. The van der Waals surface area contributed by atoms with Crippen LogP contribution in [0, 0.1) is 5.92 Å². The molecule has 3 amide bonds. The molecule has 0 spiro atoms. The number of rotatable bonds is 14. The molecule has 1 rings (SSSR count). The van der Waals surface area contributed by atoms with Crippen molar-refractivity contribution in [3.8, 4) is 0 Å². The van der Waals surface area contributed by atoms with E-state index in [0.717, 1.165) is 0 Å². The van der Waals surface area contributed by atoms with Gasteiger partial charge in [-0.1, -0.05) is 44.2 Å². The molecule has 188 valence electrons. The zero-order valence-electron chi connectivity index (χ0n) is 19.1. The Balaban J connectivity index is 3.12. The van der Waals surface area contributed by atoms with Crippen LogP contribution in [0.2, 0.25) is 0 Å². The molecule has 0 aliphatic carbocycles. The standard InChI is InChI=1S/C22H32N4O7S/c1-12(2)8-15(24-19(29)14(23)11-34)20(30)25-16(9-13-6-4-3-5-7-13)21(31)26-17(22(32)33)10-18(27)28/h3-7,12,14-17,34H,8-11,23H2,1-2H3,(H,24,29)(H,25,30)(H,26,31)(H,27,28)(H,32,33). The summed E-state index contributed by atoms with van der Waals surface area (Å²) >= 11 is 3.98. The maximum Gasteiger partial charge on any atom is 0.326 e. The first-order valence-electron chi connectivity index (χ1n) is 10.7. The quantitative estimate of drug-likeness (QED) is 0.169. The van der Waals surface area contributed by atoms with E-state index in [1.165, 1.54) is 0 Å². The number of benzene rings is 1. The lowest BCUT2D eigenvalue weighted by molar-refractivity contribution is -0.147. The maximum atomic E-state index is 13.1. The molecule has 1 aromatic carbocycles. The van der Waals surface area contributed by atoms with Gasteiger partial charge in [0.1, 0.15) is 18.1 Å². The fourth-order valence-electron chi connectivity index (χ4n) is 3.04.